The molecule has 0 radical (unpaired) electrons. The molecular formula is C19H33NO2. The first-order chi connectivity index (χ1) is 10.7. The van der Waals surface area contributed by atoms with Crippen LogP contribution in [0.1, 0.15) is 84.0 Å². The van der Waals surface area contributed by atoms with Gasteiger partial charge >= 0.3 is 0 Å². The van der Waals surface area contributed by atoms with Crippen LogP contribution < -0.4 is 0 Å². The van der Waals surface area contributed by atoms with E-state index in [1.807, 2.05) is 0 Å². The standard InChI is InChI=1S/C19H33NO2/c1-2-3-4-5-8-15-13-18(22)17-9-6-7-11-19(17)12-10-16(14-21)20(15)19/h15-17,21H,2-14H2,1H3. The Morgan fingerprint density at radius 1 is 1.14 bits per heavy atom. The van der Waals surface area contributed by atoms with Crippen molar-refractivity contribution >= 4 is 5.78 Å². The Hall–Kier alpha value is -0.410. The summed E-state index contributed by atoms with van der Waals surface area (Å²) < 4.78 is 0. The molecule has 1 saturated carbocycles. The Labute approximate surface area is 135 Å². The lowest BCUT2D eigenvalue weighted by Gasteiger charge is -2.55. The number of ketones is 1. The van der Waals surface area contributed by atoms with Gasteiger partial charge in [0, 0.05) is 30.0 Å². The monoisotopic (exact) mass is 307 g/mol. The zero-order chi connectivity index (χ0) is 15.6. The van der Waals surface area contributed by atoms with Crippen LogP contribution in [-0.2, 0) is 4.79 Å². The maximum Gasteiger partial charge on any atom is 0.139 e. The number of unbranched alkanes of at least 4 members (excludes halogenated alkanes) is 3. The number of aliphatic hydroxyl groups excluding tert-OH is 1. The van der Waals surface area contributed by atoms with Gasteiger partial charge in [0.2, 0.25) is 0 Å². The first-order valence-electron chi connectivity index (χ1n) is 9.65. The van der Waals surface area contributed by atoms with Crippen molar-refractivity contribution in [3.8, 4) is 0 Å². The quantitative estimate of drug-likeness (QED) is 0.761. The first kappa shape index (κ1) is 16.4. The van der Waals surface area contributed by atoms with Gasteiger partial charge in [-0.3, -0.25) is 9.69 Å². The van der Waals surface area contributed by atoms with Gasteiger partial charge in [-0.25, -0.2) is 0 Å². The topological polar surface area (TPSA) is 40.5 Å². The fraction of sp³-hybridized carbons (Fsp3) is 0.947. The Kier molecular flexibility index (Phi) is 5.24. The van der Waals surface area contributed by atoms with Gasteiger partial charge in [0.15, 0.2) is 0 Å². The highest BCUT2D eigenvalue weighted by atomic mass is 16.3. The van der Waals surface area contributed by atoms with Gasteiger partial charge < -0.3 is 5.11 Å². The molecule has 4 atom stereocenters. The molecule has 3 aliphatic rings. The van der Waals surface area contributed by atoms with Gasteiger partial charge in [-0.1, -0.05) is 45.4 Å². The molecule has 3 nitrogen and oxygen atoms in total. The number of hydrogen-bond donors (Lipinski definition) is 1. The molecule has 2 aliphatic heterocycles. The molecule has 0 aromatic heterocycles. The van der Waals surface area contributed by atoms with Crippen molar-refractivity contribution in [2.45, 2.75) is 102 Å². The minimum atomic E-state index is 0.121. The minimum Gasteiger partial charge on any atom is -0.395 e. The number of nitrogens with zero attached hydrogens (tertiary/aromatic N) is 1. The third-order valence-electron chi connectivity index (χ3n) is 6.64. The molecule has 2 heterocycles. The van der Waals surface area contributed by atoms with Crippen LogP contribution in [0.2, 0.25) is 0 Å². The van der Waals surface area contributed by atoms with Crippen molar-refractivity contribution in [1.82, 2.24) is 4.90 Å². The van der Waals surface area contributed by atoms with Crippen molar-refractivity contribution < 1.29 is 9.90 Å². The largest absolute Gasteiger partial charge is 0.395 e. The van der Waals surface area contributed by atoms with E-state index in [1.54, 1.807) is 0 Å². The molecule has 0 aromatic carbocycles. The van der Waals surface area contributed by atoms with Crippen LogP contribution >= 0.6 is 0 Å². The van der Waals surface area contributed by atoms with Crippen LogP contribution in [-0.4, -0.2) is 40.0 Å². The molecule has 4 unspecified atom stereocenters. The van der Waals surface area contributed by atoms with Gasteiger partial charge in [0.1, 0.15) is 5.78 Å². The van der Waals surface area contributed by atoms with Gasteiger partial charge in [0.05, 0.1) is 6.61 Å². The Balaban J connectivity index is 1.77. The van der Waals surface area contributed by atoms with Crippen LogP contribution in [0.3, 0.4) is 0 Å². The molecule has 0 amide bonds. The molecule has 1 aliphatic carbocycles. The zero-order valence-electron chi connectivity index (χ0n) is 14.2. The van der Waals surface area contributed by atoms with Crippen LogP contribution in [0.15, 0.2) is 0 Å². The van der Waals surface area contributed by atoms with Gasteiger partial charge in [-0.15, -0.1) is 0 Å². The predicted molar refractivity (Wildman–Crippen MR) is 88.8 cm³/mol. The summed E-state index contributed by atoms with van der Waals surface area (Å²) in [5, 5.41) is 9.86. The summed E-state index contributed by atoms with van der Waals surface area (Å²) in [6.07, 6.45) is 14.0. The number of Topliss-reactive ketones (excluding diaryl/α,β-unsaturated/α-hetero) is 1. The van der Waals surface area contributed by atoms with E-state index in [0.29, 0.717) is 17.9 Å². The highest BCUT2D eigenvalue weighted by Gasteiger charge is 2.58. The maximum atomic E-state index is 12.8. The van der Waals surface area contributed by atoms with Crippen molar-refractivity contribution in [2.24, 2.45) is 5.92 Å². The summed E-state index contributed by atoms with van der Waals surface area (Å²) >= 11 is 0. The normalized spacial score (nSPS) is 38.8. The lowest BCUT2D eigenvalue weighted by atomic mass is 9.65. The summed E-state index contributed by atoms with van der Waals surface area (Å²) in [5.74, 6) is 0.805. The molecule has 0 bridgehead atoms. The van der Waals surface area contributed by atoms with Crippen LogP contribution in [0.25, 0.3) is 0 Å². The van der Waals surface area contributed by atoms with E-state index in [4.69, 9.17) is 0 Å². The molecule has 22 heavy (non-hydrogen) atoms. The highest BCUT2D eigenvalue weighted by Crippen LogP contribution is 2.53. The van der Waals surface area contributed by atoms with E-state index in [1.165, 1.54) is 44.9 Å². The van der Waals surface area contributed by atoms with Crippen molar-refractivity contribution in [3.63, 3.8) is 0 Å². The summed E-state index contributed by atoms with van der Waals surface area (Å²) in [6.45, 7) is 2.52. The van der Waals surface area contributed by atoms with Crippen molar-refractivity contribution in [3.05, 3.63) is 0 Å². The van der Waals surface area contributed by atoms with Crippen LogP contribution in [0.5, 0.6) is 0 Å². The average molecular weight is 307 g/mol. The van der Waals surface area contributed by atoms with E-state index in [-0.39, 0.29) is 18.1 Å². The van der Waals surface area contributed by atoms with Crippen molar-refractivity contribution in [1.29, 1.82) is 0 Å². The molecule has 3 heteroatoms. The molecule has 3 rings (SSSR count). The Bertz CT molecular complexity index is 397. The SMILES string of the molecule is CCCCCCC1CC(=O)C2CCCCC23CCC(CO)N13. The summed E-state index contributed by atoms with van der Waals surface area (Å²) in [6, 6.07) is 0.711. The average Bonchev–Trinajstić information content (AvgIpc) is 2.90. The van der Waals surface area contributed by atoms with E-state index in [9.17, 15) is 9.90 Å². The number of piperidine rings is 1. The zero-order valence-corrected chi connectivity index (χ0v) is 14.2. The second-order valence-corrected chi connectivity index (χ2v) is 7.86. The van der Waals surface area contributed by atoms with Crippen LogP contribution in [0.4, 0.5) is 0 Å². The summed E-state index contributed by atoms with van der Waals surface area (Å²) in [4.78, 5) is 15.4. The maximum absolute atomic E-state index is 12.8. The number of carbonyl (C=O) groups is 1. The highest BCUT2D eigenvalue weighted by molar-refractivity contribution is 5.84. The Morgan fingerprint density at radius 3 is 2.77 bits per heavy atom. The van der Waals surface area contributed by atoms with Crippen molar-refractivity contribution in [2.75, 3.05) is 6.61 Å². The van der Waals surface area contributed by atoms with E-state index < -0.39 is 0 Å². The lowest BCUT2D eigenvalue weighted by molar-refractivity contribution is -0.144. The number of aliphatic hydroxyl groups is 1. The summed E-state index contributed by atoms with van der Waals surface area (Å²) in [5.41, 5.74) is 0.121. The molecule has 1 N–H and O–H groups in total. The summed E-state index contributed by atoms with van der Waals surface area (Å²) in [7, 11) is 0. The third-order valence-corrected chi connectivity index (χ3v) is 6.64. The number of carbonyl (C=O) groups excluding carboxylic acids is 1. The fourth-order valence-corrected chi connectivity index (χ4v) is 5.70. The molecule has 2 saturated heterocycles. The number of rotatable bonds is 6. The minimum absolute atomic E-state index is 0.121. The molecule has 1 spiro atoms. The van der Waals surface area contributed by atoms with E-state index in [2.05, 4.69) is 11.8 Å². The van der Waals surface area contributed by atoms with E-state index >= 15 is 0 Å². The van der Waals surface area contributed by atoms with Crippen LogP contribution in [0, 0.1) is 5.92 Å². The molecule has 0 aromatic rings. The predicted octanol–water partition coefficient (Wildman–Crippen LogP) is 3.68. The molecule has 3 fully saturated rings. The van der Waals surface area contributed by atoms with Gasteiger partial charge in [-0.2, -0.15) is 0 Å². The van der Waals surface area contributed by atoms with Gasteiger partial charge in [-0.05, 0) is 32.1 Å². The Morgan fingerprint density at radius 2 is 2.00 bits per heavy atom. The van der Waals surface area contributed by atoms with Gasteiger partial charge in [0.25, 0.3) is 0 Å². The first-order valence-corrected chi connectivity index (χ1v) is 9.65. The van der Waals surface area contributed by atoms with E-state index in [0.717, 1.165) is 32.1 Å². The molecular weight excluding hydrogens is 274 g/mol. The third kappa shape index (κ3) is 2.75. The smallest absolute Gasteiger partial charge is 0.139 e. The molecule has 126 valence electrons. The second-order valence-electron chi connectivity index (χ2n) is 7.86. The lowest BCUT2D eigenvalue weighted by Crippen LogP contribution is -2.64. The second kappa shape index (κ2) is 7.00. The fourth-order valence-electron chi connectivity index (χ4n) is 5.70. The number of hydrogen-bond acceptors (Lipinski definition) is 3.